The first-order valence-corrected chi connectivity index (χ1v) is 6.21. The minimum absolute atomic E-state index is 0.224. The molecule has 7 nitrogen and oxygen atoms in total. The normalized spacial score (nSPS) is 17.4. The van der Waals surface area contributed by atoms with Crippen LogP contribution < -0.4 is 11.5 Å². The number of hydrogen-bond acceptors (Lipinski definition) is 7. The van der Waals surface area contributed by atoms with Gasteiger partial charge in [-0.3, -0.25) is 0 Å². The van der Waals surface area contributed by atoms with Crippen LogP contribution in [0.4, 0.5) is 16.2 Å². The van der Waals surface area contributed by atoms with E-state index >= 15 is 0 Å². The molecule has 1 fully saturated rings. The molecule has 0 spiro atoms. The lowest BCUT2D eigenvalue weighted by Gasteiger charge is -2.08. The van der Waals surface area contributed by atoms with E-state index in [1.54, 1.807) is 6.07 Å². The standard InChI is InChI=1S/C13H16N2O5/c14-9-4-8(5-10(15)6-9)12(16)18-3-1-2-11-7-19-13(17)20-11/h4-6,11H,1-3,7,14-15H2. The molecule has 1 saturated heterocycles. The molecule has 4 N–H and O–H groups in total. The Bertz CT molecular complexity index is 497. The van der Waals surface area contributed by atoms with Gasteiger partial charge in [0.05, 0.1) is 12.2 Å². The molecule has 0 aliphatic carbocycles. The fourth-order valence-corrected chi connectivity index (χ4v) is 1.86. The third-order valence-corrected chi connectivity index (χ3v) is 2.77. The zero-order valence-corrected chi connectivity index (χ0v) is 10.8. The van der Waals surface area contributed by atoms with Crippen LogP contribution in [0.3, 0.4) is 0 Å². The van der Waals surface area contributed by atoms with Gasteiger partial charge in [-0.25, -0.2) is 9.59 Å². The van der Waals surface area contributed by atoms with E-state index in [0.29, 0.717) is 29.8 Å². The van der Waals surface area contributed by atoms with Crippen LogP contribution in [0.15, 0.2) is 18.2 Å². The van der Waals surface area contributed by atoms with Gasteiger partial charge >= 0.3 is 12.1 Å². The highest BCUT2D eigenvalue weighted by Crippen LogP contribution is 2.15. The monoisotopic (exact) mass is 280 g/mol. The van der Waals surface area contributed by atoms with Crippen LogP contribution in [0.1, 0.15) is 23.2 Å². The van der Waals surface area contributed by atoms with Crippen molar-refractivity contribution >= 4 is 23.5 Å². The number of cyclic esters (lactones) is 2. The van der Waals surface area contributed by atoms with Crippen LogP contribution in [0, 0.1) is 0 Å². The summed E-state index contributed by atoms with van der Waals surface area (Å²) in [6.45, 7) is 0.472. The molecule has 0 saturated carbocycles. The first kappa shape index (κ1) is 14.0. The lowest BCUT2D eigenvalue weighted by molar-refractivity contribution is 0.0480. The Morgan fingerprint density at radius 1 is 1.30 bits per heavy atom. The number of carbonyl (C=O) groups excluding carboxylic acids is 2. The van der Waals surface area contributed by atoms with E-state index in [0.717, 1.165) is 0 Å². The Morgan fingerprint density at radius 3 is 2.60 bits per heavy atom. The van der Waals surface area contributed by atoms with Gasteiger partial charge < -0.3 is 25.7 Å². The number of hydrogen-bond donors (Lipinski definition) is 2. The van der Waals surface area contributed by atoms with Crippen LogP contribution in [0.25, 0.3) is 0 Å². The fraction of sp³-hybridized carbons (Fsp3) is 0.385. The second-order valence-electron chi connectivity index (χ2n) is 4.47. The lowest BCUT2D eigenvalue weighted by atomic mass is 10.2. The van der Waals surface area contributed by atoms with E-state index in [9.17, 15) is 9.59 Å². The van der Waals surface area contributed by atoms with Gasteiger partial charge in [-0.15, -0.1) is 0 Å². The summed E-state index contributed by atoms with van der Waals surface area (Å²) in [7, 11) is 0. The van der Waals surface area contributed by atoms with Crippen molar-refractivity contribution in [2.24, 2.45) is 0 Å². The minimum Gasteiger partial charge on any atom is -0.462 e. The summed E-state index contributed by atoms with van der Waals surface area (Å²) >= 11 is 0. The van der Waals surface area contributed by atoms with E-state index in [4.69, 9.17) is 20.9 Å². The Kier molecular flexibility index (Phi) is 4.29. The number of carbonyl (C=O) groups is 2. The van der Waals surface area contributed by atoms with E-state index < -0.39 is 12.1 Å². The first-order valence-electron chi connectivity index (χ1n) is 6.21. The van der Waals surface area contributed by atoms with Crippen LogP contribution in [0.2, 0.25) is 0 Å². The summed E-state index contributed by atoms with van der Waals surface area (Å²) in [6.07, 6.45) is 0.245. The van der Waals surface area contributed by atoms with Gasteiger partial charge in [-0.1, -0.05) is 0 Å². The highest BCUT2D eigenvalue weighted by molar-refractivity contribution is 5.91. The quantitative estimate of drug-likeness (QED) is 0.475. The summed E-state index contributed by atoms with van der Waals surface area (Å²) < 4.78 is 14.6. The van der Waals surface area contributed by atoms with Crippen molar-refractivity contribution in [3.8, 4) is 0 Å². The average Bonchev–Trinajstić information content (AvgIpc) is 2.79. The zero-order valence-electron chi connectivity index (χ0n) is 10.8. The van der Waals surface area contributed by atoms with Gasteiger partial charge in [0, 0.05) is 11.4 Å². The minimum atomic E-state index is -0.651. The molecule has 1 unspecified atom stereocenters. The summed E-state index contributed by atoms with van der Waals surface area (Å²) in [6, 6.07) is 4.57. The molecular weight excluding hydrogens is 264 g/mol. The molecule has 1 aliphatic heterocycles. The predicted octanol–water partition coefficient (Wildman–Crippen LogP) is 1.32. The van der Waals surface area contributed by atoms with Crippen LogP contribution in [0.5, 0.6) is 0 Å². The highest BCUT2D eigenvalue weighted by atomic mass is 16.8. The number of anilines is 2. The summed E-state index contributed by atoms with van der Waals surface area (Å²) in [5.41, 5.74) is 12.3. The van der Waals surface area contributed by atoms with Crippen molar-refractivity contribution in [1.29, 1.82) is 0 Å². The van der Waals surface area contributed by atoms with E-state index in [2.05, 4.69) is 4.74 Å². The molecular formula is C13H16N2O5. The maximum absolute atomic E-state index is 11.8. The van der Waals surface area contributed by atoms with Crippen molar-refractivity contribution in [2.75, 3.05) is 24.7 Å². The largest absolute Gasteiger partial charge is 0.508 e. The highest BCUT2D eigenvalue weighted by Gasteiger charge is 2.24. The predicted molar refractivity (Wildman–Crippen MR) is 71.0 cm³/mol. The van der Waals surface area contributed by atoms with Gasteiger partial charge in [0.25, 0.3) is 0 Å². The average molecular weight is 280 g/mol. The van der Waals surface area contributed by atoms with Crippen molar-refractivity contribution < 1.29 is 23.8 Å². The first-order chi connectivity index (χ1) is 9.54. The molecule has 20 heavy (non-hydrogen) atoms. The maximum Gasteiger partial charge on any atom is 0.508 e. The Hall–Kier alpha value is -2.44. The molecule has 1 heterocycles. The fourth-order valence-electron chi connectivity index (χ4n) is 1.86. The van der Waals surface area contributed by atoms with Gasteiger partial charge in [-0.05, 0) is 31.0 Å². The molecule has 1 aromatic carbocycles. The summed E-state index contributed by atoms with van der Waals surface area (Å²) in [4.78, 5) is 22.4. The van der Waals surface area contributed by atoms with Crippen molar-refractivity contribution in [1.82, 2.24) is 0 Å². The zero-order chi connectivity index (χ0) is 14.5. The van der Waals surface area contributed by atoms with Gasteiger partial charge in [0.15, 0.2) is 0 Å². The topological polar surface area (TPSA) is 114 Å². The number of nitrogens with two attached hydrogens (primary N) is 2. The van der Waals surface area contributed by atoms with E-state index in [-0.39, 0.29) is 19.3 Å². The molecule has 0 bridgehead atoms. The third-order valence-electron chi connectivity index (χ3n) is 2.77. The number of rotatable bonds is 5. The maximum atomic E-state index is 11.8. The van der Waals surface area contributed by atoms with E-state index in [1.807, 2.05) is 0 Å². The molecule has 0 aromatic heterocycles. The van der Waals surface area contributed by atoms with Crippen LogP contribution in [-0.4, -0.2) is 31.4 Å². The SMILES string of the molecule is Nc1cc(N)cc(C(=O)OCCCC2COC(=O)O2)c1. The Labute approximate surface area is 115 Å². The van der Waals surface area contributed by atoms with Gasteiger partial charge in [0.2, 0.25) is 0 Å². The number of ether oxygens (including phenoxy) is 3. The second kappa shape index (κ2) is 6.14. The molecule has 1 aliphatic rings. The van der Waals surface area contributed by atoms with Gasteiger partial charge in [0.1, 0.15) is 12.7 Å². The lowest BCUT2D eigenvalue weighted by Crippen LogP contribution is -2.13. The smallest absolute Gasteiger partial charge is 0.462 e. The Balaban J connectivity index is 1.73. The van der Waals surface area contributed by atoms with Gasteiger partial charge in [-0.2, -0.15) is 0 Å². The van der Waals surface area contributed by atoms with Crippen molar-refractivity contribution in [3.63, 3.8) is 0 Å². The van der Waals surface area contributed by atoms with Crippen molar-refractivity contribution in [3.05, 3.63) is 23.8 Å². The third kappa shape index (κ3) is 3.78. The number of benzene rings is 1. The summed E-state index contributed by atoms with van der Waals surface area (Å²) in [5, 5.41) is 0. The summed E-state index contributed by atoms with van der Waals surface area (Å²) in [5.74, 6) is -0.483. The van der Waals surface area contributed by atoms with Crippen molar-refractivity contribution in [2.45, 2.75) is 18.9 Å². The molecule has 7 heteroatoms. The molecule has 108 valence electrons. The molecule has 0 amide bonds. The molecule has 1 atom stereocenters. The molecule has 2 rings (SSSR count). The van der Waals surface area contributed by atoms with Crippen LogP contribution in [-0.2, 0) is 14.2 Å². The van der Waals surface area contributed by atoms with E-state index in [1.165, 1.54) is 12.1 Å². The molecule has 0 radical (unpaired) electrons. The van der Waals surface area contributed by atoms with Crippen LogP contribution >= 0.6 is 0 Å². The Morgan fingerprint density at radius 2 is 2.00 bits per heavy atom. The molecule has 1 aromatic rings. The second-order valence-corrected chi connectivity index (χ2v) is 4.47. The number of esters is 1. The number of nitrogen functional groups attached to an aromatic ring is 2.